The minimum atomic E-state index is -0.780. The molecular formula is C15H23KO4. The molecule has 0 aliphatic heterocycles. The van der Waals surface area contributed by atoms with E-state index in [2.05, 4.69) is 23.7 Å². The van der Waals surface area contributed by atoms with E-state index in [1.54, 1.807) is 27.7 Å². The van der Waals surface area contributed by atoms with Crippen molar-refractivity contribution in [2.75, 3.05) is 0 Å². The first kappa shape index (κ1) is 28.1. The molecule has 5 heteroatoms. The topological polar surface area (TPSA) is 84.4 Å². The second-order valence-corrected chi connectivity index (χ2v) is 4.01. The minimum Gasteiger partial charge on any atom is -0.870 e. The van der Waals surface area contributed by atoms with Crippen LogP contribution in [0, 0.1) is 35.5 Å². The Morgan fingerprint density at radius 2 is 1.35 bits per heavy atom. The van der Waals surface area contributed by atoms with Crippen molar-refractivity contribution in [3.8, 4) is 23.7 Å². The third kappa shape index (κ3) is 20.2. The fourth-order valence-electron chi connectivity index (χ4n) is 0.741. The van der Waals surface area contributed by atoms with E-state index in [1.165, 1.54) is 0 Å². The van der Waals surface area contributed by atoms with Crippen LogP contribution in [-0.4, -0.2) is 22.3 Å². The number of aliphatic carboxylic acids is 1. The zero-order valence-corrected chi connectivity index (χ0v) is 16.4. The second-order valence-electron chi connectivity index (χ2n) is 4.01. The number of carboxylic acid groups (broad SMARTS) is 1. The Morgan fingerprint density at radius 1 is 1.00 bits per heavy atom. The monoisotopic (exact) mass is 306 g/mol. The summed E-state index contributed by atoms with van der Waals surface area (Å²) < 4.78 is 0. The van der Waals surface area contributed by atoms with E-state index in [9.17, 15) is 9.59 Å². The Hall–Kier alpha value is -0.144. The molecule has 0 aromatic rings. The number of ketones is 1. The number of carboxylic acids is 1. The minimum absolute atomic E-state index is 0. The SMILES string of the molecule is CC#CCC(C)C(=O)O.CC#CCC(C)C(C)=O.[K+].[OH-]. The van der Waals surface area contributed by atoms with E-state index in [1.807, 2.05) is 6.92 Å². The molecule has 0 heterocycles. The molecular weight excluding hydrogens is 283 g/mol. The zero-order chi connectivity index (χ0) is 14.6. The Balaban J connectivity index is -0.000000116. The summed E-state index contributed by atoms with van der Waals surface area (Å²) in [6.45, 7) is 8.63. The molecule has 2 N–H and O–H groups in total. The molecule has 0 aliphatic carbocycles. The van der Waals surface area contributed by atoms with Crippen LogP contribution >= 0.6 is 0 Å². The van der Waals surface area contributed by atoms with Crippen LogP contribution in [0.5, 0.6) is 0 Å². The number of carbonyl (C=O) groups is 2. The van der Waals surface area contributed by atoms with Crippen LogP contribution in [0.25, 0.3) is 0 Å². The summed E-state index contributed by atoms with van der Waals surface area (Å²) in [7, 11) is 0. The maximum atomic E-state index is 10.6. The number of rotatable bonds is 4. The largest absolute Gasteiger partial charge is 1.00 e. The van der Waals surface area contributed by atoms with Gasteiger partial charge in [-0.05, 0) is 20.8 Å². The molecule has 0 saturated heterocycles. The van der Waals surface area contributed by atoms with E-state index in [4.69, 9.17) is 5.11 Å². The van der Waals surface area contributed by atoms with Crippen LogP contribution in [0.2, 0.25) is 0 Å². The first-order valence-corrected chi connectivity index (χ1v) is 5.89. The Labute approximate surface area is 164 Å². The normalized spacial score (nSPS) is 10.2. The quantitative estimate of drug-likeness (QED) is 0.564. The first-order chi connectivity index (χ1) is 8.36. The van der Waals surface area contributed by atoms with E-state index < -0.39 is 5.97 Å². The summed E-state index contributed by atoms with van der Waals surface area (Å²) in [5.41, 5.74) is 0. The van der Waals surface area contributed by atoms with Crippen molar-refractivity contribution in [2.24, 2.45) is 11.8 Å². The van der Waals surface area contributed by atoms with E-state index in [0.29, 0.717) is 12.8 Å². The predicted molar refractivity (Wildman–Crippen MR) is 74.7 cm³/mol. The Kier molecular flexibility index (Phi) is 26.5. The van der Waals surface area contributed by atoms with Crippen LogP contribution in [0.15, 0.2) is 0 Å². The maximum Gasteiger partial charge on any atom is 1.00 e. The number of Topliss-reactive ketones (excluding diaryl/α,β-unsaturated/α-hetero) is 1. The van der Waals surface area contributed by atoms with Crippen LogP contribution in [0.3, 0.4) is 0 Å². The molecule has 20 heavy (non-hydrogen) atoms. The predicted octanol–water partition coefficient (Wildman–Crippen LogP) is -0.427. The Morgan fingerprint density at radius 3 is 1.60 bits per heavy atom. The molecule has 0 spiro atoms. The summed E-state index contributed by atoms with van der Waals surface area (Å²) >= 11 is 0. The van der Waals surface area contributed by atoms with Gasteiger partial charge < -0.3 is 10.6 Å². The molecule has 0 amide bonds. The maximum absolute atomic E-state index is 10.6. The number of carbonyl (C=O) groups excluding carboxylic acids is 1. The van der Waals surface area contributed by atoms with Crippen LogP contribution in [0.1, 0.15) is 47.5 Å². The molecule has 2 atom stereocenters. The average molecular weight is 306 g/mol. The van der Waals surface area contributed by atoms with Crippen LogP contribution in [-0.2, 0) is 9.59 Å². The molecule has 0 bridgehead atoms. The van der Waals surface area contributed by atoms with Gasteiger partial charge in [-0.15, -0.1) is 23.7 Å². The standard InChI is InChI=1S/C8H12O.C7H10O2.K.H2O/c1-4-5-6-7(2)8(3)9;1-3-4-5-6(2)7(8)9;;/h7H,6H2,1-3H3;6H,5H2,1-2H3,(H,8,9);;1H2/q;;+1;/p-1. The summed E-state index contributed by atoms with van der Waals surface area (Å²) in [6.07, 6.45) is 1.15. The van der Waals surface area contributed by atoms with Gasteiger partial charge in [-0.2, -0.15) is 0 Å². The van der Waals surface area contributed by atoms with Gasteiger partial charge >= 0.3 is 57.4 Å². The van der Waals surface area contributed by atoms with Crippen molar-refractivity contribution in [2.45, 2.75) is 47.5 Å². The van der Waals surface area contributed by atoms with Gasteiger partial charge in [-0.3, -0.25) is 9.59 Å². The fraction of sp³-hybridized carbons (Fsp3) is 0.600. The first-order valence-electron chi connectivity index (χ1n) is 5.89. The van der Waals surface area contributed by atoms with E-state index in [-0.39, 0.29) is 74.5 Å². The van der Waals surface area contributed by atoms with Crippen molar-refractivity contribution in [3.05, 3.63) is 0 Å². The van der Waals surface area contributed by atoms with Crippen molar-refractivity contribution in [3.63, 3.8) is 0 Å². The summed E-state index contributed by atoms with van der Waals surface area (Å²) in [4.78, 5) is 20.7. The van der Waals surface area contributed by atoms with Crippen molar-refractivity contribution < 1.29 is 71.6 Å². The third-order valence-corrected chi connectivity index (χ3v) is 2.29. The molecule has 0 aromatic carbocycles. The molecule has 0 radical (unpaired) electrons. The molecule has 0 fully saturated rings. The molecule has 0 rings (SSSR count). The number of hydrogen-bond donors (Lipinski definition) is 1. The van der Waals surface area contributed by atoms with E-state index >= 15 is 0 Å². The molecule has 0 saturated carbocycles. The van der Waals surface area contributed by atoms with Gasteiger partial charge in [-0.25, -0.2) is 0 Å². The van der Waals surface area contributed by atoms with E-state index in [0.717, 1.165) is 0 Å². The van der Waals surface area contributed by atoms with Gasteiger partial charge in [0.05, 0.1) is 5.92 Å². The van der Waals surface area contributed by atoms with Gasteiger partial charge in [-0.1, -0.05) is 13.8 Å². The third-order valence-electron chi connectivity index (χ3n) is 2.29. The molecule has 4 nitrogen and oxygen atoms in total. The second kappa shape index (κ2) is 18.9. The Bertz CT molecular complexity index is 344. The average Bonchev–Trinajstić information content (AvgIpc) is 2.33. The summed E-state index contributed by atoms with van der Waals surface area (Å²) in [6, 6.07) is 0. The van der Waals surface area contributed by atoms with Gasteiger partial charge in [0.25, 0.3) is 0 Å². The van der Waals surface area contributed by atoms with Crippen LogP contribution in [0.4, 0.5) is 0 Å². The molecule has 0 aliphatic rings. The molecule has 2 unspecified atom stereocenters. The van der Waals surface area contributed by atoms with Crippen molar-refractivity contribution in [1.29, 1.82) is 0 Å². The zero-order valence-electron chi connectivity index (χ0n) is 13.3. The van der Waals surface area contributed by atoms with Gasteiger partial charge in [0.1, 0.15) is 5.78 Å². The van der Waals surface area contributed by atoms with Gasteiger partial charge in [0.2, 0.25) is 0 Å². The molecule has 108 valence electrons. The summed E-state index contributed by atoms with van der Waals surface area (Å²) in [5.74, 6) is 10.2. The number of hydrogen-bond acceptors (Lipinski definition) is 3. The molecule has 0 aromatic heterocycles. The van der Waals surface area contributed by atoms with Crippen molar-refractivity contribution >= 4 is 11.8 Å². The van der Waals surface area contributed by atoms with Gasteiger partial charge in [0, 0.05) is 18.8 Å². The summed E-state index contributed by atoms with van der Waals surface area (Å²) in [5, 5.41) is 8.34. The van der Waals surface area contributed by atoms with Crippen molar-refractivity contribution in [1.82, 2.24) is 0 Å². The van der Waals surface area contributed by atoms with Crippen LogP contribution < -0.4 is 51.4 Å². The van der Waals surface area contributed by atoms with Gasteiger partial charge in [0.15, 0.2) is 0 Å². The smallest absolute Gasteiger partial charge is 0.870 e. The fourth-order valence-corrected chi connectivity index (χ4v) is 0.741.